The van der Waals surface area contributed by atoms with Crippen LogP contribution in [0.2, 0.25) is 0 Å². The van der Waals surface area contributed by atoms with Gasteiger partial charge in [0.25, 0.3) is 0 Å². The number of rotatable bonds is 3. The maximum absolute atomic E-state index is 11.1. The predicted molar refractivity (Wildman–Crippen MR) is 73.5 cm³/mol. The van der Waals surface area contributed by atoms with E-state index in [9.17, 15) is 15.0 Å². The third kappa shape index (κ3) is 3.57. The second kappa shape index (κ2) is 5.63. The van der Waals surface area contributed by atoms with Crippen molar-refractivity contribution < 1.29 is 19.7 Å². The molecule has 0 bridgehead atoms. The minimum Gasteiger partial charge on any atom is -0.463 e. The summed E-state index contributed by atoms with van der Waals surface area (Å²) >= 11 is 0. The summed E-state index contributed by atoms with van der Waals surface area (Å²) in [6, 6.07) is 0. The third-order valence-electron chi connectivity index (χ3n) is 4.15. The molecule has 0 unspecified atom stereocenters. The molecule has 110 valence electrons. The third-order valence-corrected chi connectivity index (χ3v) is 4.15. The molecule has 4 nitrogen and oxygen atoms in total. The molecule has 1 aliphatic rings. The molecule has 1 rings (SSSR count). The van der Waals surface area contributed by atoms with Gasteiger partial charge < -0.3 is 14.9 Å². The van der Waals surface area contributed by atoms with E-state index in [1.54, 1.807) is 19.1 Å². The molecule has 19 heavy (non-hydrogen) atoms. The lowest BCUT2D eigenvalue weighted by Gasteiger charge is -2.51. The fraction of sp³-hybridized carbons (Fsp3) is 0.800. The summed E-state index contributed by atoms with van der Waals surface area (Å²) in [5, 5.41) is 20.3. The van der Waals surface area contributed by atoms with Gasteiger partial charge in [-0.1, -0.05) is 32.9 Å². The fourth-order valence-corrected chi connectivity index (χ4v) is 3.06. The maximum Gasteiger partial charge on any atom is 0.302 e. The molecule has 0 aromatic rings. The van der Waals surface area contributed by atoms with Crippen LogP contribution in [0.3, 0.4) is 0 Å². The van der Waals surface area contributed by atoms with Crippen molar-refractivity contribution in [1.29, 1.82) is 0 Å². The van der Waals surface area contributed by atoms with Gasteiger partial charge in [0.1, 0.15) is 6.10 Å². The van der Waals surface area contributed by atoms with Crippen LogP contribution < -0.4 is 0 Å². The summed E-state index contributed by atoms with van der Waals surface area (Å²) in [7, 11) is 0. The molecule has 1 saturated carbocycles. The second-order valence-electron chi connectivity index (χ2n) is 6.38. The molecule has 1 fully saturated rings. The first-order chi connectivity index (χ1) is 8.58. The van der Waals surface area contributed by atoms with E-state index in [0.29, 0.717) is 12.8 Å². The van der Waals surface area contributed by atoms with Gasteiger partial charge in [0.15, 0.2) is 0 Å². The Hall–Kier alpha value is -0.870. The number of carbonyl (C=O) groups excluding carboxylic acids is 1. The second-order valence-corrected chi connectivity index (χ2v) is 6.38. The summed E-state index contributed by atoms with van der Waals surface area (Å²) in [5.74, 6) is -0.325. The molecule has 0 heterocycles. The van der Waals surface area contributed by atoms with Gasteiger partial charge in [-0.2, -0.15) is 0 Å². The lowest BCUT2D eigenvalue weighted by atomic mass is 9.59. The Labute approximate surface area is 115 Å². The molecular formula is C15H26O4. The molecule has 0 radical (unpaired) electrons. The molecule has 2 N–H and O–H groups in total. The zero-order valence-electron chi connectivity index (χ0n) is 12.5. The molecular weight excluding hydrogens is 244 g/mol. The van der Waals surface area contributed by atoms with E-state index in [4.69, 9.17) is 4.74 Å². The Balaban J connectivity index is 2.94. The minimum atomic E-state index is -0.999. The zero-order valence-corrected chi connectivity index (χ0v) is 12.5. The molecule has 0 aliphatic heterocycles. The van der Waals surface area contributed by atoms with Crippen molar-refractivity contribution in [3.05, 3.63) is 12.2 Å². The molecule has 4 heteroatoms. The molecule has 0 aromatic carbocycles. The summed E-state index contributed by atoms with van der Waals surface area (Å²) in [5.41, 5.74) is -1.42. The number of hydrogen-bond acceptors (Lipinski definition) is 4. The maximum atomic E-state index is 11.1. The van der Waals surface area contributed by atoms with Crippen LogP contribution >= 0.6 is 0 Å². The number of hydrogen-bond donors (Lipinski definition) is 2. The van der Waals surface area contributed by atoms with Crippen molar-refractivity contribution in [2.45, 2.75) is 65.3 Å². The summed E-state index contributed by atoms with van der Waals surface area (Å²) in [6.07, 6.45) is 3.82. The standard InChI is InChI=1S/C15H26O4/c1-10-8-13(19-12(3)17)9-14(4,5)15(10,18)7-6-11(2)16/h6-7,10-11,13,16,18H,8-9H2,1-5H3/t10-,11-,13+,15-/m1/s1. The van der Waals surface area contributed by atoms with E-state index >= 15 is 0 Å². The van der Waals surface area contributed by atoms with Crippen LogP contribution in [-0.2, 0) is 9.53 Å². The van der Waals surface area contributed by atoms with Gasteiger partial charge in [0.05, 0.1) is 11.7 Å². The Morgan fingerprint density at radius 2 is 2.05 bits per heavy atom. The predicted octanol–water partition coefficient (Wildman–Crippen LogP) is 2.04. The van der Waals surface area contributed by atoms with Crippen LogP contribution in [0.15, 0.2) is 12.2 Å². The fourth-order valence-electron chi connectivity index (χ4n) is 3.06. The van der Waals surface area contributed by atoms with E-state index in [0.717, 1.165) is 0 Å². The number of carbonyl (C=O) groups is 1. The van der Waals surface area contributed by atoms with Crippen molar-refractivity contribution >= 4 is 5.97 Å². The highest BCUT2D eigenvalue weighted by Crippen LogP contribution is 2.48. The number of aliphatic hydroxyl groups excluding tert-OH is 1. The Morgan fingerprint density at radius 1 is 1.47 bits per heavy atom. The van der Waals surface area contributed by atoms with Crippen LogP contribution in [0.1, 0.15) is 47.5 Å². The summed E-state index contributed by atoms with van der Waals surface area (Å²) in [4.78, 5) is 11.1. The van der Waals surface area contributed by atoms with Gasteiger partial charge in [0, 0.05) is 12.3 Å². The van der Waals surface area contributed by atoms with Crippen molar-refractivity contribution in [2.75, 3.05) is 0 Å². The van der Waals surface area contributed by atoms with E-state index < -0.39 is 17.1 Å². The average Bonchev–Trinajstić information content (AvgIpc) is 2.21. The molecule has 1 aliphatic carbocycles. The number of ether oxygens (including phenoxy) is 1. The topological polar surface area (TPSA) is 66.8 Å². The molecule has 0 spiro atoms. The normalized spacial score (nSPS) is 36.2. The van der Waals surface area contributed by atoms with Crippen molar-refractivity contribution in [1.82, 2.24) is 0 Å². The number of aliphatic hydroxyl groups is 2. The Kier molecular flexibility index (Phi) is 4.80. The minimum absolute atomic E-state index is 0.0457. The van der Waals surface area contributed by atoms with Gasteiger partial charge in [-0.05, 0) is 25.7 Å². The van der Waals surface area contributed by atoms with Gasteiger partial charge in [0.2, 0.25) is 0 Å². The highest BCUT2D eigenvalue weighted by molar-refractivity contribution is 5.66. The van der Waals surface area contributed by atoms with Gasteiger partial charge in [-0.3, -0.25) is 4.79 Å². The SMILES string of the molecule is CC(=O)O[C@H]1C[C@@H](C)[C@](O)(C=C[C@@H](C)O)C(C)(C)C1. The Bertz CT molecular complexity index is 359. The molecule has 0 aromatic heterocycles. The lowest BCUT2D eigenvalue weighted by Crippen LogP contribution is -2.55. The van der Waals surface area contributed by atoms with E-state index in [-0.39, 0.29) is 18.0 Å². The van der Waals surface area contributed by atoms with Crippen molar-refractivity contribution in [2.24, 2.45) is 11.3 Å². The van der Waals surface area contributed by atoms with Crippen LogP contribution in [0.5, 0.6) is 0 Å². The first-order valence-corrected chi connectivity index (χ1v) is 6.85. The molecule has 4 atom stereocenters. The number of esters is 1. The largest absolute Gasteiger partial charge is 0.463 e. The summed E-state index contributed by atoms with van der Waals surface area (Å²) in [6.45, 7) is 8.94. The van der Waals surface area contributed by atoms with Crippen molar-refractivity contribution in [3.63, 3.8) is 0 Å². The van der Waals surface area contributed by atoms with Crippen LogP contribution in [0, 0.1) is 11.3 Å². The molecule has 0 saturated heterocycles. The molecule has 0 amide bonds. The van der Waals surface area contributed by atoms with E-state index in [1.165, 1.54) is 6.92 Å². The smallest absolute Gasteiger partial charge is 0.302 e. The monoisotopic (exact) mass is 270 g/mol. The van der Waals surface area contributed by atoms with Gasteiger partial charge in [-0.15, -0.1) is 0 Å². The first-order valence-electron chi connectivity index (χ1n) is 6.85. The quantitative estimate of drug-likeness (QED) is 0.608. The van der Waals surface area contributed by atoms with Crippen LogP contribution in [-0.4, -0.2) is 34.0 Å². The van der Waals surface area contributed by atoms with Crippen LogP contribution in [0.25, 0.3) is 0 Å². The Morgan fingerprint density at radius 3 is 2.47 bits per heavy atom. The van der Waals surface area contributed by atoms with Crippen LogP contribution in [0.4, 0.5) is 0 Å². The van der Waals surface area contributed by atoms with Gasteiger partial charge >= 0.3 is 5.97 Å². The highest BCUT2D eigenvalue weighted by atomic mass is 16.5. The highest BCUT2D eigenvalue weighted by Gasteiger charge is 2.51. The average molecular weight is 270 g/mol. The summed E-state index contributed by atoms with van der Waals surface area (Å²) < 4.78 is 5.29. The first kappa shape index (κ1) is 16.2. The van der Waals surface area contributed by atoms with Gasteiger partial charge in [-0.25, -0.2) is 0 Å². The van der Waals surface area contributed by atoms with E-state index in [1.807, 2.05) is 20.8 Å². The lowest BCUT2D eigenvalue weighted by molar-refractivity contribution is -0.166. The zero-order chi connectivity index (χ0) is 14.8. The van der Waals surface area contributed by atoms with E-state index in [2.05, 4.69) is 0 Å². The van der Waals surface area contributed by atoms with Crippen molar-refractivity contribution in [3.8, 4) is 0 Å².